The Bertz CT molecular complexity index is 1590. The quantitative estimate of drug-likeness (QED) is 0.180. The highest BCUT2D eigenvalue weighted by Gasteiger charge is 2.32. The van der Waals surface area contributed by atoms with Gasteiger partial charge >= 0.3 is 5.97 Å². The first-order valence-corrected chi connectivity index (χ1v) is 9.98. The number of ether oxygens (including phenoxy) is 1. The lowest BCUT2D eigenvalue weighted by Gasteiger charge is -2.17. The summed E-state index contributed by atoms with van der Waals surface area (Å²) in [6.07, 6.45) is 1.31. The molecule has 32 heavy (non-hydrogen) atoms. The highest BCUT2D eigenvalue weighted by Crippen LogP contribution is 2.33. The summed E-state index contributed by atoms with van der Waals surface area (Å²) >= 11 is 0. The highest BCUT2D eigenvalue weighted by atomic mass is 16.5. The molecule has 1 aliphatic rings. The van der Waals surface area contributed by atoms with Crippen LogP contribution in [0, 0.1) is 0 Å². The Kier molecular flexibility index (Phi) is 3.85. The number of nitrogens with zero attached hydrogens (tertiary/aromatic N) is 3. The van der Waals surface area contributed by atoms with Crippen molar-refractivity contribution in [2.75, 3.05) is 0 Å². The number of hydrogen-bond acceptors (Lipinski definition) is 6. The molecule has 0 fully saturated rings. The largest absolute Gasteiger partial charge is 0.422 e. The average molecular weight is 421 g/mol. The van der Waals surface area contributed by atoms with Crippen molar-refractivity contribution in [3.8, 4) is 17.1 Å². The molecule has 0 aliphatic carbocycles. The molecule has 5 aromatic rings. The Hall–Kier alpha value is -4.52. The first-order valence-electron chi connectivity index (χ1n) is 9.98. The van der Waals surface area contributed by atoms with Crippen LogP contribution in [-0.2, 0) is 11.8 Å². The summed E-state index contributed by atoms with van der Waals surface area (Å²) in [5.41, 5.74) is 1.95. The van der Waals surface area contributed by atoms with E-state index in [1.807, 2.05) is 61.6 Å². The van der Waals surface area contributed by atoms with Crippen molar-refractivity contribution < 1.29 is 18.7 Å². The standard InChI is InChI=1S/C25H15N3O4/c1-28-22(14-7-3-2-4-8-14)27-24-23(28)26-20(32-24)13-18-21(29)17-11-15-9-5-6-10-16(15)12-19(17)31-25(18)30/h2-13H,1H3/b18-13-. The summed E-state index contributed by atoms with van der Waals surface area (Å²) in [6.45, 7) is 0. The van der Waals surface area contributed by atoms with E-state index in [1.165, 1.54) is 6.08 Å². The minimum Gasteiger partial charge on any atom is -0.422 e. The minimum atomic E-state index is -0.738. The van der Waals surface area contributed by atoms with Gasteiger partial charge in [-0.1, -0.05) is 54.6 Å². The maximum absolute atomic E-state index is 13.1. The van der Waals surface area contributed by atoms with Crippen molar-refractivity contribution in [1.29, 1.82) is 0 Å². The summed E-state index contributed by atoms with van der Waals surface area (Å²) in [6, 6.07) is 20.7. The van der Waals surface area contributed by atoms with Gasteiger partial charge in [0, 0.05) is 18.7 Å². The predicted molar refractivity (Wildman–Crippen MR) is 118 cm³/mol. The number of aryl methyl sites for hydroxylation is 1. The number of imidazole rings is 1. The van der Waals surface area contributed by atoms with Gasteiger partial charge in [-0.05, 0) is 22.9 Å². The van der Waals surface area contributed by atoms with E-state index in [0.717, 1.165) is 16.3 Å². The summed E-state index contributed by atoms with van der Waals surface area (Å²) in [4.78, 5) is 34.6. The molecule has 0 unspecified atom stereocenters. The molecule has 0 radical (unpaired) electrons. The molecular formula is C25H15N3O4. The third kappa shape index (κ3) is 2.75. The molecular weight excluding hydrogens is 406 g/mol. The predicted octanol–water partition coefficient (Wildman–Crippen LogP) is 4.57. The fraction of sp³-hybridized carbons (Fsp3) is 0.0400. The second kappa shape index (κ2) is 6.75. The number of benzene rings is 3. The van der Waals surface area contributed by atoms with Crippen LogP contribution >= 0.6 is 0 Å². The van der Waals surface area contributed by atoms with Gasteiger partial charge < -0.3 is 13.7 Å². The number of Topliss-reactive ketones (excluding diaryl/α,β-unsaturated/α-hetero) is 1. The van der Waals surface area contributed by atoms with Crippen LogP contribution in [0.5, 0.6) is 5.75 Å². The van der Waals surface area contributed by atoms with Crippen molar-refractivity contribution in [3.05, 3.63) is 83.8 Å². The van der Waals surface area contributed by atoms with E-state index in [-0.39, 0.29) is 17.2 Å². The summed E-state index contributed by atoms with van der Waals surface area (Å²) in [5, 5.41) is 1.77. The number of ketones is 1. The molecule has 7 heteroatoms. The maximum atomic E-state index is 13.1. The van der Waals surface area contributed by atoms with Gasteiger partial charge in [-0.25, -0.2) is 4.79 Å². The molecule has 7 nitrogen and oxygen atoms in total. The molecule has 0 spiro atoms. The van der Waals surface area contributed by atoms with Gasteiger partial charge in [-0.15, -0.1) is 0 Å². The van der Waals surface area contributed by atoms with Crippen LogP contribution in [-0.4, -0.2) is 26.3 Å². The van der Waals surface area contributed by atoms with E-state index in [4.69, 9.17) is 9.15 Å². The number of oxazole rings is 1. The number of fused-ring (bicyclic) bond motifs is 3. The molecule has 6 rings (SSSR count). The SMILES string of the molecule is Cn1c(-c2ccccc2)nc2oc(/C=C3\C(=O)Oc4cc5ccccc5cc4C3=O)nc21. The number of aromatic nitrogens is 3. The monoisotopic (exact) mass is 421 g/mol. The molecule has 154 valence electrons. The van der Waals surface area contributed by atoms with Crippen molar-refractivity contribution in [2.45, 2.75) is 0 Å². The van der Waals surface area contributed by atoms with Gasteiger partial charge in [0.05, 0.1) is 5.56 Å². The van der Waals surface area contributed by atoms with Gasteiger partial charge in [0.2, 0.25) is 17.3 Å². The van der Waals surface area contributed by atoms with Gasteiger partial charge in [0.25, 0.3) is 5.71 Å². The van der Waals surface area contributed by atoms with Gasteiger partial charge in [-0.2, -0.15) is 9.97 Å². The summed E-state index contributed by atoms with van der Waals surface area (Å²) in [5.74, 6) is -0.0926. The fourth-order valence-corrected chi connectivity index (χ4v) is 3.91. The van der Waals surface area contributed by atoms with Crippen LogP contribution in [0.15, 0.2) is 76.7 Å². The first kappa shape index (κ1) is 18.3. The lowest BCUT2D eigenvalue weighted by Crippen LogP contribution is -2.25. The minimum absolute atomic E-state index is 0.113. The molecule has 0 bridgehead atoms. The Labute approximate surface area is 181 Å². The van der Waals surface area contributed by atoms with Gasteiger partial charge in [0.1, 0.15) is 17.1 Å². The van der Waals surface area contributed by atoms with Gasteiger partial charge in [-0.3, -0.25) is 4.79 Å². The molecule has 3 aromatic carbocycles. The van der Waals surface area contributed by atoms with E-state index in [9.17, 15) is 9.59 Å². The van der Waals surface area contributed by atoms with Crippen LogP contribution in [0.4, 0.5) is 0 Å². The molecule has 1 aliphatic heterocycles. The van der Waals surface area contributed by atoms with Gasteiger partial charge in [0.15, 0.2) is 0 Å². The van der Waals surface area contributed by atoms with Crippen molar-refractivity contribution in [1.82, 2.24) is 14.5 Å². The van der Waals surface area contributed by atoms with Crippen LogP contribution in [0.3, 0.4) is 0 Å². The Morgan fingerprint density at radius 2 is 1.62 bits per heavy atom. The van der Waals surface area contributed by atoms with E-state index in [1.54, 1.807) is 16.7 Å². The number of esters is 1. The Morgan fingerprint density at radius 3 is 2.38 bits per heavy atom. The maximum Gasteiger partial charge on any atom is 0.347 e. The normalized spacial score (nSPS) is 14.8. The molecule has 0 saturated carbocycles. The van der Waals surface area contributed by atoms with E-state index in [2.05, 4.69) is 9.97 Å². The Balaban J connectivity index is 1.41. The lowest BCUT2D eigenvalue weighted by molar-refractivity contribution is -0.130. The van der Waals surface area contributed by atoms with Crippen LogP contribution in [0.25, 0.3) is 39.6 Å². The van der Waals surface area contributed by atoms with E-state index >= 15 is 0 Å². The van der Waals surface area contributed by atoms with E-state index in [0.29, 0.717) is 22.7 Å². The van der Waals surface area contributed by atoms with Crippen LogP contribution in [0.1, 0.15) is 16.2 Å². The first-order chi connectivity index (χ1) is 15.6. The molecule has 0 atom stereocenters. The van der Waals surface area contributed by atoms with Crippen LogP contribution < -0.4 is 4.74 Å². The summed E-state index contributed by atoms with van der Waals surface area (Å²) in [7, 11) is 1.83. The molecule has 2 aromatic heterocycles. The zero-order valence-electron chi connectivity index (χ0n) is 16.9. The van der Waals surface area contributed by atoms with Crippen LogP contribution in [0.2, 0.25) is 0 Å². The highest BCUT2D eigenvalue weighted by molar-refractivity contribution is 6.30. The van der Waals surface area contributed by atoms with E-state index < -0.39 is 11.8 Å². The Morgan fingerprint density at radius 1 is 0.906 bits per heavy atom. The summed E-state index contributed by atoms with van der Waals surface area (Å²) < 4.78 is 13.0. The molecule has 0 N–H and O–H groups in total. The zero-order valence-corrected chi connectivity index (χ0v) is 16.9. The van der Waals surface area contributed by atoms with Crippen molar-refractivity contribution in [2.24, 2.45) is 7.05 Å². The van der Waals surface area contributed by atoms with Crippen molar-refractivity contribution in [3.63, 3.8) is 0 Å². The second-order valence-electron chi connectivity index (χ2n) is 7.51. The molecule has 3 heterocycles. The zero-order chi connectivity index (χ0) is 21.8. The van der Waals surface area contributed by atoms with Crippen molar-refractivity contribution >= 4 is 40.0 Å². The average Bonchev–Trinajstić information content (AvgIpc) is 3.34. The second-order valence-corrected chi connectivity index (χ2v) is 7.51. The fourth-order valence-electron chi connectivity index (χ4n) is 3.91. The smallest absolute Gasteiger partial charge is 0.347 e. The lowest BCUT2D eigenvalue weighted by atomic mass is 9.96. The third-order valence-electron chi connectivity index (χ3n) is 5.51. The number of hydrogen-bond donors (Lipinski definition) is 0. The number of carbonyl (C=O) groups excluding carboxylic acids is 2. The molecule has 0 amide bonds. The number of rotatable bonds is 2. The molecule has 0 saturated heterocycles. The topological polar surface area (TPSA) is 87.2 Å². The number of carbonyl (C=O) groups is 2. The third-order valence-corrected chi connectivity index (χ3v) is 5.51.